The lowest BCUT2D eigenvalue weighted by Gasteiger charge is -2.10. The molecule has 0 radical (unpaired) electrons. The first-order valence-corrected chi connectivity index (χ1v) is 3.21. The van der Waals surface area contributed by atoms with Crippen LogP contribution in [0.2, 0.25) is 0 Å². The molecule has 6 N–H and O–H groups in total. The van der Waals surface area contributed by atoms with E-state index >= 15 is 0 Å². The summed E-state index contributed by atoms with van der Waals surface area (Å²) in [6.45, 7) is 4.12. The van der Waals surface area contributed by atoms with Crippen molar-refractivity contribution in [3.8, 4) is 0 Å². The summed E-state index contributed by atoms with van der Waals surface area (Å²) in [5.41, 5.74) is 8.90. The molecule has 4 nitrogen and oxygen atoms in total. The van der Waals surface area contributed by atoms with E-state index in [1.807, 2.05) is 0 Å². The Kier molecular flexibility index (Phi) is 8.70. The van der Waals surface area contributed by atoms with Gasteiger partial charge in [-0.25, -0.2) is 0 Å². The van der Waals surface area contributed by atoms with Crippen LogP contribution in [0.1, 0.15) is 13.8 Å². The third kappa shape index (κ3) is 24.9. The van der Waals surface area contributed by atoms with Crippen molar-refractivity contribution in [2.24, 2.45) is 11.5 Å². The van der Waals surface area contributed by atoms with Gasteiger partial charge in [-0.2, -0.15) is 0 Å². The van der Waals surface area contributed by atoms with Crippen LogP contribution in [0.25, 0.3) is 0 Å². The maximum Gasteiger partial charge on any atom is 0.0821 e. The van der Waals surface area contributed by atoms with E-state index in [4.69, 9.17) is 21.7 Å². The van der Waals surface area contributed by atoms with Gasteiger partial charge in [0, 0.05) is 13.1 Å². The first kappa shape index (κ1) is 12.5. The summed E-state index contributed by atoms with van der Waals surface area (Å²) in [6.07, 6.45) is 0. The molecule has 10 heavy (non-hydrogen) atoms. The Bertz CT molecular complexity index is 59.3. The summed E-state index contributed by atoms with van der Waals surface area (Å²) in [5.74, 6) is 0. The Morgan fingerprint density at radius 3 is 1.40 bits per heavy atom. The average molecular weight is 150 g/mol. The number of nitrogens with two attached hydrogens (primary N) is 2. The van der Waals surface area contributed by atoms with Gasteiger partial charge in [-0.3, -0.25) is 0 Å². The van der Waals surface area contributed by atoms with Gasteiger partial charge in [0.25, 0.3) is 0 Å². The number of rotatable bonds is 2. The van der Waals surface area contributed by atoms with Crippen LogP contribution in [0.3, 0.4) is 0 Å². The molecular formula is C6H18N2O2. The van der Waals surface area contributed by atoms with Gasteiger partial charge in [-0.05, 0) is 13.8 Å². The molecule has 0 aromatic rings. The largest absolute Gasteiger partial charge is 0.393 e. The second-order valence-electron chi connectivity index (χ2n) is 2.55. The molecular weight excluding hydrogens is 132 g/mol. The Labute approximate surface area is 61.8 Å². The molecule has 0 unspecified atom stereocenters. The van der Waals surface area contributed by atoms with E-state index in [0.717, 1.165) is 0 Å². The van der Waals surface area contributed by atoms with Gasteiger partial charge in [0.1, 0.15) is 0 Å². The zero-order chi connectivity index (χ0) is 8.62. The molecule has 0 aliphatic rings. The van der Waals surface area contributed by atoms with Crippen LogP contribution in [0.4, 0.5) is 0 Å². The molecule has 0 spiro atoms. The van der Waals surface area contributed by atoms with E-state index in [1.54, 1.807) is 13.8 Å². The average Bonchev–Trinajstić information content (AvgIpc) is 1.87. The van der Waals surface area contributed by atoms with Crippen molar-refractivity contribution in [2.45, 2.75) is 19.4 Å². The zero-order valence-corrected chi connectivity index (χ0v) is 6.67. The highest BCUT2D eigenvalue weighted by atomic mass is 16.3. The fourth-order valence-electron chi connectivity index (χ4n) is 0. The highest BCUT2D eigenvalue weighted by Crippen LogP contribution is 1.95. The first-order valence-electron chi connectivity index (χ1n) is 3.21. The summed E-state index contributed by atoms with van der Waals surface area (Å²) in [7, 11) is 0. The van der Waals surface area contributed by atoms with E-state index in [9.17, 15) is 0 Å². The maximum absolute atomic E-state index is 8.58. The summed E-state index contributed by atoms with van der Waals surface area (Å²) in [4.78, 5) is 0. The van der Waals surface area contributed by atoms with Gasteiger partial charge in [0.15, 0.2) is 0 Å². The number of aliphatic hydroxyl groups excluding tert-OH is 1. The van der Waals surface area contributed by atoms with Crippen molar-refractivity contribution in [2.75, 3.05) is 19.7 Å². The summed E-state index contributed by atoms with van der Waals surface area (Å²) in [5, 5.41) is 16.7. The Morgan fingerprint density at radius 1 is 1.20 bits per heavy atom. The molecule has 0 saturated carbocycles. The van der Waals surface area contributed by atoms with Crippen LogP contribution in [0.15, 0.2) is 0 Å². The van der Waals surface area contributed by atoms with E-state index in [2.05, 4.69) is 0 Å². The lowest BCUT2D eigenvalue weighted by molar-refractivity contribution is 0.0183. The van der Waals surface area contributed by atoms with Crippen molar-refractivity contribution >= 4 is 0 Å². The second-order valence-corrected chi connectivity index (χ2v) is 2.55. The van der Waals surface area contributed by atoms with Gasteiger partial charge < -0.3 is 21.7 Å². The van der Waals surface area contributed by atoms with Crippen molar-refractivity contribution in [3.63, 3.8) is 0 Å². The van der Waals surface area contributed by atoms with Crippen LogP contribution in [0, 0.1) is 0 Å². The van der Waals surface area contributed by atoms with Crippen molar-refractivity contribution in [3.05, 3.63) is 0 Å². The van der Waals surface area contributed by atoms with Crippen LogP contribution in [-0.2, 0) is 0 Å². The molecule has 0 aromatic heterocycles. The monoisotopic (exact) mass is 150 g/mol. The molecule has 0 bridgehead atoms. The number of aliphatic hydroxyl groups is 2. The Morgan fingerprint density at radius 2 is 1.40 bits per heavy atom. The van der Waals surface area contributed by atoms with Gasteiger partial charge >= 0.3 is 0 Å². The molecule has 0 amide bonds. The molecule has 0 heterocycles. The predicted molar refractivity (Wildman–Crippen MR) is 41.5 cm³/mol. The van der Waals surface area contributed by atoms with Crippen LogP contribution in [-0.4, -0.2) is 35.5 Å². The fraction of sp³-hybridized carbons (Fsp3) is 1.00. The molecule has 0 aromatic carbocycles. The lowest BCUT2D eigenvalue weighted by Crippen LogP contribution is -2.23. The minimum atomic E-state index is -0.903. The number of hydrogen-bond donors (Lipinski definition) is 4. The molecule has 4 heteroatoms. The van der Waals surface area contributed by atoms with Crippen molar-refractivity contribution < 1.29 is 10.2 Å². The highest BCUT2D eigenvalue weighted by Gasteiger charge is 2.07. The van der Waals surface area contributed by atoms with E-state index in [0.29, 0.717) is 13.1 Å². The molecule has 0 aliphatic carbocycles. The summed E-state index contributed by atoms with van der Waals surface area (Å²) < 4.78 is 0. The van der Waals surface area contributed by atoms with Gasteiger partial charge in [0.05, 0.1) is 12.2 Å². The lowest BCUT2D eigenvalue weighted by atomic mass is 10.2. The quantitative estimate of drug-likeness (QED) is 0.392. The molecule has 0 fully saturated rings. The predicted octanol–water partition coefficient (Wildman–Crippen LogP) is -1.35. The van der Waals surface area contributed by atoms with Gasteiger partial charge in [-0.1, -0.05) is 0 Å². The van der Waals surface area contributed by atoms with Gasteiger partial charge in [-0.15, -0.1) is 0 Å². The maximum atomic E-state index is 8.58. The second kappa shape index (κ2) is 6.95. The third-order valence-electron chi connectivity index (χ3n) is 0.554. The minimum Gasteiger partial charge on any atom is -0.393 e. The zero-order valence-electron chi connectivity index (χ0n) is 6.67. The fourth-order valence-corrected chi connectivity index (χ4v) is 0. The highest BCUT2D eigenvalue weighted by molar-refractivity contribution is 4.59. The molecule has 0 atom stereocenters. The third-order valence-corrected chi connectivity index (χ3v) is 0.554. The van der Waals surface area contributed by atoms with Crippen LogP contribution in [0.5, 0.6) is 0 Å². The van der Waals surface area contributed by atoms with Crippen LogP contribution < -0.4 is 11.5 Å². The minimum absolute atomic E-state index is 0.174. The normalized spacial score (nSPS) is 10.2. The van der Waals surface area contributed by atoms with E-state index in [1.165, 1.54) is 0 Å². The number of hydrogen-bond acceptors (Lipinski definition) is 4. The summed E-state index contributed by atoms with van der Waals surface area (Å²) in [6, 6.07) is 0. The van der Waals surface area contributed by atoms with Crippen molar-refractivity contribution in [1.29, 1.82) is 0 Å². The molecule has 0 rings (SSSR count). The van der Waals surface area contributed by atoms with Crippen molar-refractivity contribution in [1.82, 2.24) is 0 Å². The SMILES string of the molecule is CC(C)(O)CO.NCCN. The first-order chi connectivity index (χ1) is 4.47. The summed E-state index contributed by atoms with van der Waals surface area (Å²) >= 11 is 0. The van der Waals surface area contributed by atoms with E-state index < -0.39 is 5.60 Å². The van der Waals surface area contributed by atoms with Gasteiger partial charge in [0.2, 0.25) is 0 Å². The molecule has 64 valence electrons. The van der Waals surface area contributed by atoms with E-state index in [-0.39, 0.29) is 6.61 Å². The Balaban J connectivity index is 0. The molecule has 0 saturated heterocycles. The molecule has 0 aliphatic heterocycles. The topological polar surface area (TPSA) is 92.5 Å². The van der Waals surface area contributed by atoms with Crippen LogP contribution >= 0.6 is 0 Å². The standard InChI is InChI=1S/C4H10O2.C2H8N2/c1-4(2,6)3-5;3-1-2-4/h5-6H,3H2,1-2H3;1-4H2. The smallest absolute Gasteiger partial charge is 0.0821 e. The Hall–Kier alpha value is -0.160.